The monoisotopic (exact) mass is 262 g/mol. The standard InChI is InChI=1S/C16H26N2O/c1-3-17-13(2)14-6-7-16-15(12-14)8-10-18(16)9-4-5-11-19/h6-7,12-13,17,19H,3-5,8-11H2,1-2H3. The summed E-state index contributed by atoms with van der Waals surface area (Å²) in [5.41, 5.74) is 4.26. The lowest BCUT2D eigenvalue weighted by Crippen LogP contribution is -2.22. The third-order valence-corrected chi connectivity index (χ3v) is 3.94. The van der Waals surface area contributed by atoms with Gasteiger partial charge in [-0.1, -0.05) is 19.1 Å². The van der Waals surface area contributed by atoms with E-state index in [0.717, 1.165) is 38.9 Å². The quantitative estimate of drug-likeness (QED) is 0.741. The van der Waals surface area contributed by atoms with Crippen LogP contribution in [0.5, 0.6) is 0 Å². The molecule has 0 saturated carbocycles. The van der Waals surface area contributed by atoms with Gasteiger partial charge >= 0.3 is 0 Å². The predicted molar refractivity (Wildman–Crippen MR) is 80.8 cm³/mol. The molecule has 1 heterocycles. The molecule has 1 aliphatic rings. The molecule has 19 heavy (non-hydrogen) atoms. The third kappa shape index (κ3) is 3.48. The van der Waals surface area contributed by atoms with Crippen LogP contribution in [0.25, 0.3) is 0 Å². The van der Waals surface area contributed by atoms with E-state index >= 15 is 0 Å². The van der Waals surface area contributed by atoms with E-state index in [0.29, 0.717) is 12.6 Å². The zero-order valence-corrected chi connectivity index (χ0v) is 12.2. The Morgan fingerprint density at radius 1 is 1.37 bits per heavy atom. The molecule has 3 heteroatoms. The van der Waals surface area contributed by atoms with Gasteiger partial charge in [-0.05, 0) is 49.9 Å². The first-order valence-electron chi connectivity index (χ1n) is 7.48. The number of unbranched alkanes of at least 4 members (excludes halogenated alkanes) is 1. The summed E-state index contributed by atoms with van der Waals surface area (Å²) in [5, 5.41) is 12.3. The van der Waals surface area contributed by atoms with Crippen LogP contribution in [0.15, 0.2) is 18.2 Å². The van der Waals surface area contributed by atoms with Gasteiger partial charge in [0, 0.05) is 31.4 Å². The summed E-state index contributed by atoms with van der Waals surface area (Å²) in [7, 11) is 0. The van der Waals surface area contributed by atoms with E-state index in [4.69, 9.17) is 5.11 Å². The summed E-state index contributed by atoms with van der Waals surface area (Å²) in [6.45, 7) is 7.87. The van der Waals surface area contributed by atoms with Crippen molar-refractivity contribution < 1.29 is 5.11 Å². The molecule has 0 aliphatic carbocycles. The Bertz CT molecular complexity index is 406. The maximum absolute atomic E-state index is 8.86. The van der Waals surface area contributed by atoms with Gasteiger partial charge in [0.1, 0.15) is 0 Å². The summed E-state index contributed by atoms with van der Waals surface area (Å²) in [6.07, 6.45) is 3.13. The number of benzene rings is 1. The van der Waals surface area contributed by atoms with Gasteiger partial charge in [-0.2, -0.15) is 0 Å². The lowest BCUT2D eigenvalue weighted by atomic mass is 10.0. The fraction of sp³-hybridized carbons (Fsp3) is 0.625. The topological polar surface area (TPSA) is 35.5 Å². The second kappa shape index (κ2) is 6.92. The zero-order chi connectivity index (χ0) is 13.7. The Morgan fingerprint density at radius 3 is 2.95 bits per heavy atom. The molecule has 3 nitrogen and oxygen atoms in total. The molecule has 0 bridgehead atoms. The first-order valence-corrected chi connectivity index (χ1v) is 7.48. The van der Waals surface area contributed by atoms with Gasteiger partial charge in [0.15, 0.2) is 0 Å². The van der Waals surface area contributed by atoms with Crippen LogP contribution in [0.2, 0.25) is 0 Å². The minimum absolute atomic E-state index is 0.305. The Balaban J connectivity index is 2.03. The van der Waals surface area contributed by atoms with E-state index in [9.17, 15) is 0 Å². The van der Waals surface area contributed by atoms with Crippen molar-refractivity contribution in [2.24, 2.45) is 0 Å². The van der Waals surface area contributed by atoms with Crippen molar-refractivity contribution in [3.05, 3.63) is 29.3 Å². The smallest absolute Gasteiger partial charge is 0.0431 e. The van der Waals surface area contributed by atoms with Gasteiger partial charge in [-0.15, -0.1) is 0 Å². The fourth-order valence-corrected chi connectivity index (χ4v) is 2.83. The largest absolute Gasteiger partial charge is 0.396 e. The Labute approximate surface area is 116 Å². The molecule has 0 radical (unpaired) electrons. The van der Waals surface area contributed by atoms with Crippen LogP contribution >= 0.6 is 0 Å². The van der Waals surface area contributed by atoms with Crippen molar-refractivity contribution in [2.45, 2.75) is 39.2 Å². The van der Waals surface area contributed by atoms with E-state index < -0.39 is 0 Å². The number of rotatable bonds is 7. The van der Waals surface area contributed by atoms with E-state index in [1.54, 1.807) is 0 Å². The minimum atomic E-state index is 0.305. The van der Waals surface area contributed by atoms with Crippen molar-refractivity contribution >= 4 is 5.69 Å². The maximum atomic E-state index is 8.86. The normalized spacial score (nSPS) is 15.6. The van der Waals surface area contributed by atoms with Crippen molar-refractivity contribution in [3.8, 4) is 0 Å². The molecular formula is C16H26N2O. The van der Waals surface area contributed by atoms with E-state index in [2.05, 4.69) is 42.3 Å². The van der Waals surface area contributed by atoms with Gasteiger partial charge < -0.3 is 15.3 Å². The average molecular weight is 262 g/mol. The Hall–Kier alpha value is -1.06. The maximum Gasteiger partial charge on any atom is 0.0431 e. The molecular weight excluding hydrogens is 236 g/mol. The molecule has 0 saturated heterocycles. The van der Waals surface area contributed by atoms with Crippen molar-refractivity contribution in [1.82, 2.24) is 5.32 Å². The van der Waals surface area contributed by atoms with Crippen molar-refractivity contribution in [2.75, 3.05) is 31.1 Å². The second-order valence-electron chi connectivity index (χ2n) is 5.34. The van der Waals surface area contributed by atoms with Crippen LogP contribution in [-0.2, 0) is 6.42 Å². The predicted octanol–water partition coefficient (Wildman–Crippen LogP) is 2.49. The Kier molecular flexibility index (Phi) is 5.23. The van der Waals surface area contributed by atoms with Crippen LogP contribution in [0.1, 0.15) is 43.9 Å². The number of fused-ring (bicyclic) bond motifs is 1. The number of hydrogen-bond acceptors (Lipinski definition) is 3. The molecule has 1 atom stereocenters. The first kappa shape index (κ1) is 14.4. The zero-order valence-electron chi connectivity index (χ0n) is 12.2. The fourth-order valence-electron chi connectivity index (χ4n) is 2.83. The van der Waals surface area contributed by atoms with Crippen LogP contribution in [0.4, 0.5) is 5.69 Å². The van der Waals surface area contributed by atoms with E-state index in [-0.39, 0.29) is 0 Å². The van der Waals surface area contributed by atoms with E-state index in [1.165, 1.54) is 16.8 Å². The van der Waals surface area contributed by atoms with Crippen LogP contribution in [-0.4, -0.2) is 31.3 Å². The molecule has 1 unspecified atom stereocenters. The lowest BCUT2D eigenvalue weighted by Gasteiger charge is -2.20. The number of nitrogens with zero attached hydrogens (tertiary/aromatic N) is 1. The Morgan fingerprint density at radius 2 is 2.21 bits per heavy atom. The number of hydrogen-bond donors (Lipinski definition) is 2. The first-order chi connectivity index (χ1) is 9.26. The number of anilines is 1. The second-order valence-corrected chi connectivity index (χ2v) is 5.34. The summed E-state index contributed by atoms with van der Waals surface area (Å²) in [5.74, 6) is 0. The van der Waals surface area contributed by atoms with Crippen LogP contribution < -0.4 is 10.2 Å². The average Bonchev–Trinajstić information content (AvgIpc) is 2.82. The van der Waals surface area contributed by atoms with Gasteiger partial charge in [0.25, 0.3) is 0 Å². The molecule has 1 aliphatic heterocycles. The molecule has 0 fully saturated rings. The van der Waals surface area contributed by atoms with Crippen LogP contribution in [0.3, 0.4) is 0 Å². The number of aliphatic hydroxyl groups is 1. The molecule has 0 aromatic heterocycles. The SMILES string of the molecule is CCNC(C)c1ccc2c(c1)CCN2CCCCO. The lowest BCUT2D eigenvalue weighted by molar-refractivity contribution is 0.285. The summed E-state index contributed by atoms with van der Waals surface area (Å²) < 4.78 is 0. The van der Waals surface area contributed by atoms with E-state index in [1.807, 2.05) is 0 Å². The summed E-state index contributed by atoms with van der Waals surface area (Å²) >= 11 is 0. The van der Waals surface area contributed by atoms with Gasteiger partial charge in [-0.25, -0.2) is 0 Å². The van der Waals surface area contributed by atoms with Crippen molar-refractivity contribution in [1.29, 1.82) is 0 Å². The summed E-state index contributed by atoms with van der Waals surface area (Å²) in [4.78, 5) is 2.45. The molecule has 106 valence electrons. The van der Waals surface area contributed by atoms with Crippen molar-refractivity contribution in [3.63, 3.8) is 0 Å². The number of aliphatic hydroxyl groups excluding tert-OH is 1. The molecule has 0 spiro atoms. The highest BCUT2D eigenvalue weighted by Gasteiger charge is 2.19. The molecule has 2 N–H and O–H groups in total. The van der Waals surface area contributed by atoms with Gasteiger partial charge in [-0.3, -0.25) is 0 Å². The highest BCUT2D eigenvalue weighted by Crippen LogP contribution is 2.30. The highest BCUT2D eigenvalue weighted by atomic mass is 16.2. The van der Waals surface area contributed by atoms with Crippen LogP contribution in [0, 0.1) is 0 Å². The molecule has 1 aromatic carbocycles. The van der Waals surface area contributed by atoms with Gasteiger partial charge in [0.2, 0.25) is 0 Å². The third-order valence-electron chi connectivity index (χ3n) is 3.94. The highest BCUT2D eigenvalue weighted by molar-refractivity contribution is 5.59. The molecule has 0 amide bonds. The number of nitrogens with one attached hydrogen (secondary N) is 1. The van der Waals surface area contributed by atoms with Gasteiger partial charge in [0.05, 0.1) is 0 Å². The molecule has 2 rings (SSSR count). The summed E-state index contributed by atoms with van der Waals surface area (Å²) in [6, 6.07) is 7.30. The molecule has 1 aromatic rings. The minimum Gasteiger partial charge on any atom is -0.396 e.